The zero-order valence-corrected chi connectivity index (χ0v) is 10.6. The molecule has 98 valence electrons. The first-order valence-corrected chi connectivity index (χ1v) is 6.45. The average molecular weight is 242 g/mol. The molecule has 1 aliphatic carbocycles. The van der Waals surface area contributed by atoms with E-state index in [1.807, 2.05) is 13.8 Å². The number of hydrogen-bond donors (Lipinski definition) is 2. The first kappa shape index (κ1) is 12.6. The molecule has 0 aromatic rings. The van der Waals surface area contributed by atoms with Gasteiger partial charge in [0.15, 0.2) is 5.79 Å². The Bertz CT molecular complexity index is 265. The lowest BCUT2D eigenvalue weighted by molar-refractivity contribution is -0.179. The van der Waals surface area contributed by atoms with Crippen LogP contribution in [0, 0.1) is 0 Å². The van der Waals surface area contributed by atoms with Crippen LogP contribution in [-0.4, -0.2) is 37.1 Å². The third kappa shape index (κ3) is 3.33. The highest BCUT2D eigenvalue weighted by atomic mass is 16.7. The average Bonchev–Trinajstić information content (AvgIpc) is 2.69. The normalized spacial score (nSPS) is 24.2. The fourth-order valence-corrected chi connectivity index (χ4v) is 2.48. The van der Waals surface area contributed by atoms with Gasteiger partial charge in [0.05, 0.1) is 13.2 Å². The molecule has 1 saturated carbocycles. The largest absolute Gasteiger partial charge is 0.348 e. The number of urea groups is 1. The SMILES string of the molecule is CC(C)NC(=O)NC1CCC2(CC1)OCCO2. The van der Waals surface area contributed by atoms with Crippen LogP contribution in [0.1, 0.15) is 39.5 Å². The summed E-state index contributed by atoms with van der Waals surface area (Å²) in [4.78, 5) is 11.5. The Labute approximate surface area is 102 Å². The zero-order chi connectivity index (χ0) is 12.3. The number of rotatable bonds is 2. The molecule has 5 heteroatoms. The Kier molecular flexibility index (Phi) is 3.89. The Balaban J connectivity index is 1.73. The van der Waals surface area contributed by atoms with Crippen LogP contribution >= 0.6 is 0 Å². The first-order valence-electron chi connectivity index (χ1n) is 6.45. The molecule has 0 atom stereocenters. The molecule has 1 saturated heterocycles. The van der Waals surface area contributed by atoms with Gasteiger partial charge in [-0.15, -0.1) is 0 Å². The Morgan fingerprint density at radius 2 is 1.82 bits per heavy atom. The molecule has 1 aliphatic heterocycles. The summed E-state index contributed by atoms with van der Waals surface area (Å²) < 4.78 is 11.3. The van der Waals surface area contributed by atoms with E-state index < -0.39 is 0 Å². The lowest BCUT2D eigenvalue weighted by atomic mass is 9.90. The van der Waals surface area contributed by atoms with Crippen molar-refractivity contribution >= 4 is 6.03 Å². The van der Waals surface area contributed by atoms with Gasteiger partial charge in [0.1, 0.15) is 0 Å². The molecular weight excluding hydrogens is 220 g/mol. The molecule has 17 heavy (non-hydrogen) atoms. The van der Waals surface area contributed by atoms with E-state index >= 15 is 0 Å². The van der Waals surface area contributed by atoms with Crippen LogP contribution in [0.2, 0.25) is 0 Å². The van der Waals surface area contributed by atoms with E-state index in [0.717, 1.165) is 25.7 Å². The minimum atomic E-state index is -0.341. The van der Waals surface area contributed by atoms with E-state index in [9.17, 15) is 4.79 Å². The molecule has 2 rings (SSSR count). The molecule has 2 N–H and O–H groups in total. The van der Waals surface area contributed by atoms with Crippen LogP contribution in [-0.2, 0) is 9.47 Å². The first-order chi connectivity index (χ1) is 8.10. The zero-order valence-electron chi connectivity index (χ0n) is 10.6. The van der Waals surface area contributed by atoms with Crippen molar-refractivity contribution in [2.75, 3.05) is 13.2 Å². The molecule has 0 aromatic heterocycles. The highest BCUT2D eigenvalue weighted by molar-refractivity contribution is 5.74. The minimum absolute atomic E-state index is 0.0748. The summed E-state index contributed by atoms with van der Waals surface area (Å²) in [5, 5.41) is 5.83. The van der Waals surface area contributed by atoms with Crippen molar-refractivity contribution < 1.29 is 14.3 Å². The summed E-state index contributed by atoms with van der Waals surface area (Å²) in [6.07, 6.45) is 3.59. The highest BCUT2D eigenvalue weighted by Gasteiger charge is 2.40. The highest BCUT2D eigenvalue weighted by Crippen LogP contribution is 2.35. The molecule has 0 radical (unpaired) electrons. The molecule has 2 fully saturated rings. The number of ether oxygens (including phenoxy) is 2. The van der Waals surface area contributed by atoms with Crippen LogP contribution in [0.15, 0.2) is 0 Å². The standard InChI is InChI=1S/C12H22N2O3/c1-9(2)13-11(15)14-10-3-5-12(6-4-10)16-7-8-17-12/h9-10H,3-8H2,1-2H3,(H2,13,14,15). The van der Waals surface area contributed by atoms with Gasteiger partial charge in [-0.1, -0.05) is 0 Å². The Morgan fingerprint density at radius 1 is 1.24 bits per heavy atom. The van der Waals surface area contributed by atoms with Crippen molar-refractivity contribution in [2.24, 2.45) is 0 Å². The fraction of sp³-hybridized carbons (Fsp3) is 0.917. The Hall–Kier alpha value is -0.810. The number of hydrogen-bond acceptors (Lipinski definition) is 3. The van der Waals surface area contributed by atoms with Crippen molar-refractivity contribution in [3.05, 3.63) is 0 Å². The van der Waals surface area contributed by atoms with Gasteiger partial charge < -0.3 is 20.1 Å². The summed E-state index contributed by atoms with van der Waals surface area (Å²) in [5.41, 5.74) is 0. The maximum Gasteiger partial charge on any atom is 0.315 e. The van der Waals surface area contributed by atoms with Gasteiger partial charge in [-0.3, -0.25) is 0 Å². The molecule has 2 amide bonds. The van der Waals surface area contributed by atoms with Crippen molar-refractivity contribution in [2.45, 2.75) is 57.4 Å². The van der Waals surface area contributed by atoms with Crippen molar-refractivity contribution in [1.29, 1.82) is 0 Å². The smallest absolute Gasteiger partial charge is 0.315 e. The number of nitrogens with one attached hydrogen (secondary N) is 2. The topological polar surface area (TPSA) is 59.6 Å². The second kappa shape index (κ2) is 5.23. The van der Waals surface area contributed by atoms with Crippen molar-refractivity contribution in [3.8, 4) is 0 Å². The van der Waals surface area contributed by atoms with E-state index in [2.05, 4.69) is 10.6 Å². The maximum absolute atomic E-state index is 11.5. The predicted octanol–water partition coefficient (Wildman–Crippen LogP) is 1.38. The van der Waals surface area contributed by atoms with Crippen molar-refractivity contribution in [1.82, 2.24) is 10.6 Å². The summed E-state index contributed by atoms with van der Waals surface area (Å²) in [5.74, 6) is -0.341. The van der Waals surface area contributed by atoms with Gasteiger partial charge in [0.2, 0.25) is 0 Å². The fourth-order valence-electron chi connectivity index (χ4n) is 2.48. The van der Waals surface area contributed by atoms with E-state index in [-0.39, 0.29) is 23.9 Å². The minimum Gasteiger partial charge on any atom is -0.348 e. The van der Waals surface area contributed by atoms with Gasteiger partial charge in [0, 0.05) is 24.9 Å². The second-order valence-corrected chi connectivity index (χ2v) is 5.15. The third-order valence-electron chi connectivity index (χ3n) is 3.32. The van der Waals surface area contributed by atoms with E-state index in [1.54, 1.807) is 0 Å². The van der Waals surface area contributed by atoms with Gasteiger partial charge in [-0.2, -0.15) is 0 Å². The van der Waals surface area contributed by atoms with E-state index in [0.29, 0.717) is 13.2 Å². The lowest BCUT2D eigenvalue weighted by Gasteiger charge is -2.35. The maximum atomic E-state index is 11.5. The molecule has 0 aromatic carbocycles. The van der Waals surface area contributed by atoms with Crippen LogP contribution in [0.3, 0.4) is 0 Å². The number of carbonyl (C=O) groups excluding carboxylic acids is 1. The van der Waals surface area contributed by atoms with Gasteiger partial charge >= 0.3 is 6.03 Å². The summed E-state index contributed by atoms with van der Waals surface area (Å²) >= 11 is 0. The van der Waals surface area contributed by atoms with Crippen molar-refractivity contribution in [3.63, 3.8) is 0 Å². The molecule has 1 spiro atoms. The van der Waals surface area contributed by atoms with E-state index in [4.69, 9.17) is 9.47 Å². The van der Waals surface area contributed by atoms with Gasteiger partial charge in [-0.25, -0.2) is 4.79 Å². The number of carbonyl (C=O) groups is 1. The second-order valence-electron chi connectivity index (χ2n) is 5.15. The molecule has 1 heterocycles. The van der Waals surface area contributed by atoms with Gasteiger partial charge in [-0.05, 0) is 26.7 Å². The summed E-state index contributed by atoms with van der Waals surface area (Å²) in [6, 6.07) is 0.341. The third-order valence-corrected chi connectivity index (χ3v) is 3.32. The Morgan fingerprint density at radius 3 is 2.35 bits per heavy atom. The molecule has 0 unspecified atom stereocenters. The molecular formula is C12H22N2O3. The summed E-state index contributed by atoms with van der Waals surface area (Å²) in [6.45, 7) is 5.31. The lowest BCUT2D eigenvalue weighted by Crippen LogP contribution is -2.48. The van der Waals surface area contributed by atoms with Crippen LogP contribution in [0.5, 0.6) is 0 Å². The van der Waals surface area contributed by atoms with Gasteiger partial charge in [0.25, 0.3) is 0 Å². The van der Waals surface area contributed by atoms with Crippen LogP contribution in [0.4, 0.5) is 4.79 Å². The van der Waals surface area contributed by atoms with Crippen LogP contribution in [0.25, 0.3) is 0 Å². The van der Waals surface area contributed by atoms with E-state index in [1.165, 1.54) is 0 Å². The molecule has 5 nitrogen and oxygen atoms in total. The predicted molar refractivity (Wildman–Crippen MR) is 63.7 cm³/mol. The molecule has 0 bridgehead atoms. The summed E-state index contributed by atoms with van der Waals surface area (Å²) in [7, 11) is 0. The van der Waals surface area contributed by atoms with Crippen LogP contribution < -0.4 is 10.6 Å². The quantitative estimate of drug-likeness (QED) is 0.769. The molecule has 2 aliphatic rings. The number of amides is 2. The monoisotopic (exact) mass is 242 g/mol.